The predicted molar refractivity (Wildman–Crippen MR) is 171 cm³/mol. The second-order valence-corrected chi connectivity index (χ2v) is 11.0. The maximum atomic E-state index is 12.9. The molecule has 2 aromatic rings. The van der Waals surface area contributed by atoms with Crippen LogP contribution < -0.4 is 21.6 Å². The van der Waals surface area contributed by atoms with Crippen LogP contribution in [0.25, 0.3) is 0 Å². The molecule has 18 heteroatoms. The van der Waals surface area contributed by atoms with Gasteiger partial charge in [-0.3, -0.25) is 38.8 Å². The second kappa shape index (κ2) is 18.3. The molecule has 0 spiro atoms. The molecule has 0 unspecified atom stereocenters. The first-order chi connectivity index (χ1) is 21.9. The fourth-order valence-electron chi connectivity index (χ4n) is 4.95. The van der Waals surface area contributed by atoms with E-state index >= 15 is 0 Å². The minimum absolute atomic E-state index is 0.0749. The number of benzene rings is 2. The molecule has 2 amide bonds. The van der Waals surface area contributed by atoms with Gasteiger partial charge in [0, 0.05) is 63.7 Å². The maximum absolute atomic E-state index is 12.9. The molecule has 16 nitrogen and oxygen atoms in total. The van der Waals surface area contributed by atoms with E-state index < -0.39 is 26.2 Å². The van der Waals surface area contributed by atoms with Gasteiger partial charge in [0.25, 0.3) is 0 Å². The van der Waals surface area contributed by atoms with Crippen LogP contribution in [-0.2, 0) is 19.2 Å². The number of carbonyl (C=O) groups is 4. The number of aliphatic carboxylic acids is 2. The summed E-state index contributed by atoms with van der Waals surface area (Å²) in [6.45, 7) is 1.62. The van der Waals surface area contributed by atoms with Gasteiger partial charge in [0.05, 0.1) is 26.2 Å². The van der Waals surface area contributed by atoms with Gasteiger partial charge in [-0.15, -0.1) is 0 Å². The van der Waals surface area contributed by atoms with Crippen LogP contribution in [0.15, 0.2) is 48.5 Å². The van der Waals surface area contributed by atoms with E-state index in [9.17, 15) is 49.5 Å². The monoisotopic (exact) mass is 642 g/mol. The van der Waals surface area contributed by atoms with E-state index in [2.05, 4.69) is 10.6 Å². The highest BCUT2D eigenvalue weighted by molar-refractivity contribution is 6.59. The van der Waals surface area contributed by atoms with Gasteiger partial charge in [-0.05, 0) is 35.2 Å². The zero-order valence-electron chi connectivity index (χ0n) is 25.4. The summed E-state index contributed by atoms with van der Waals surface area (Å²) in [5, 5.41) is 62.1. The summed E-state index contributed by atoms with van der Waals surface area (Å²) in [5.74, 6) is -2.85. The highest BCUT2D eigenvalue weighted by Crippen LogP contribution is 2.08. The summed E-state index contributed by atoms with van der Waals surface area (Å²) in [5.41, 5.74) is 1.15. The molecule has 1 heterocycles. The van der Waals surface area contributed by atoms with Crippen molar-refractivity contribution in [3.05, 3.63) is 48.5 Å². The number of nitrogens with one attached hydrogen (secondary N) is 2. The fraction of sp³-hybridized carbons (Fsp3) is 0.429. The molecule has 1 fully saturated rings. The van der Waals surface area contributed by atoms with Crippen LogP contribution in [-0.4, -0.2) is 166 Å². The van der Waals surface area contributed by atoms with Crippen LogP contribution in [0, 0.1) is 0 Å². The fourth-order valence-corrected chi connectivity index (χ4v) is 4.95. The van der Waals surface area contributed by atoms with Gasteiger partial charge in [0.2, 0.25) is 11.8 Å². The molecule has 46 heavy (non-hydrogen) atoms. The molecule has 3 rings (SSSR count). The summed E-state index contributed by atoms with van der Waals surface area (Å²) < 4.78 is 0. The van der Waals surface area contributed by atoms with Gasteiger partial charge in [-0.25, -0.2) is 0 Å². The molecule has 2 aromatic carbocycles. The Kier molecular flexibility index (Phi) is 14.6. The van der Waals surface area contributed by atoms with E-state index in [1.807, 2.05) is 0 Å². The standard InChI is InChI=1S/C28H40B2N6O10/c37-25(31-23-5-1-3-21(15-23)29(43)44)17-33-7-11-35(19-27(39)40)13-9-34(10-14-36(12-8-33)20-28(41)42)18-26(38)32-24-6-2-4-22(16-24)30(45)46/h1-6,15-16,43-46H,7-14,17-20H2,(H,31,37)(H,32,38)(H,39,40)(H,41,42). The average Bonchev–Trinajstić information content (AvgIpc) is 2.98. The van der Waals surface area contributed by atoms with Crippen LogP contribution >= 0.6 is 0 Å². The maximum Gasteiger partial charge on any atom is 0.488 e. The Morgan fingerprint density at radius 2 is 0.848 bits per heavy atom. The zero-order chi connectivity index (χ0) is 33.6. The molecule has 0 aliphatic carbocycles. The third-order valence-corrected chi connectivity index (χ3v) is 7.32. The number of carboxylic acids is 2. The lowest BCUT2D eigenvalue weighted by atomic mass is 9.80. The largest absolute Gasteiger partial charge is 0.488 e. The third kappa shape index (κ3) is 13.2. The quantitative estimate of drug-likeness (QED) is 0.103. The van der Waals surface area contributed by atoms with Crippen LogP contribution in [0.3, 0.4) is 0 Å². The molecule has 0 aromatic heterocycles. The van der Waals surface area contributed by atoms with E-state index in [1.54, 1.807) is 43.9 Å². The Hall–Kier alpha value is -3.87. The first-order valence-corrected chi connectivity index (χ1v) is 14.7. The van der Waals surface area contributed by atoms with E-state index in [0.717, 1.165) is 0 Å². The minimum atomic E-state index is -1.70. The smallest absolute Gasteiger partial charge is 0.480 e. The van der Waals surface area contributed by atoms with Crippen LogP contribution in [0.2, 0.25) is 0 Å². The molecule has 0 saturated carbocycles. The SMILES string of the molecule is O=C(O)CN1CCN(CC(=O)Nc2cccc(B(O)O)c2)CCN(CC(=O)O)CCN(CC(=O)Nc2cccc(B(O)O)c2)CC1. The topological polar surface area (TPSA) is 227 Å². The highest BCUT2D eigenvalue weighted by atomic mass is 16.4. The zero-order valence-corrected chi connectivity index (χ0v) is 25.4. The van der Waals surface area contributed by atoms with Gasteiger partial charge in [-0.2, -0.15) is 0 Å². The number of anilines is 2. The Morgan fingerprint density at radius 1 is 0.543 bits per heavy atom. The van der Waals surface area contributed by atoms with Crippen molar-refractivity contribution in [2.75, 3.05) is 89.2 Å². The first kappa shape index (κ1) is 36.6. The minimum Gasteiger partial charge on any atom is -0.480 e. The molecule has 1 aliphatic heterocycles. The lowest BCUT2D eigenvalue weighted by Crippen LogP contribution is -2.49. The van der Waals surface area contributed by atoms with Gasteiger partial charge >= 0.3 is 26.2 Å². The molecule has 0 bridgehead atoms. The van der Waals surface area contributed by atoms with E-state index in [0.29, 0.717) is 37.6 Å². The van der Waals surface area contributed by atoms with Crippen molar-refractivity contribution < 1.29 is 49.5 Å². The number of amides is 2. The van der Waals surface area contributed by atoms with Gasteiger partial charge < -0.3 is 40.9 Å². The molecular formula is C28H40B2N6O10. The summed E-state index contributed by atoms with van der Waals surface area (Å²) in [6, 6.07) is 12.2. The lowest BCUT2D eigenvalue weighted by molar-refractivity contribution is -0.139. The predicted octanol–water partition coefficient (Wildman–Crippen LogP) is -3.99. The van der Waals surface area contributed by atoms with Gasteiger partial charge in [0.1, 0.15) is 0 Å². The summed E-state index contributed by atoms with van der Waals surface area (Å²) in [4.78, 5) is 56.1. The average molecular weight is 642 g/mol. The first-order valence-electron chi connectivity index (χ1n) is 14.7. The van der Waals surface area contributed by atoms with E-state index in [4.69, 9.17) is 0 Å². The number of nitrogens with zero attached hydrogens (tertiary/aromatic N) is 4. The molecular weight excluding hydrogens is 602 g/mol. The normalized spacial score (nSPS) is 16.1. The number of carboxylic acid groups (broad SMARTS) is 2. The Labute approximate surface area is 267 Å². The molecule has 8 N–H and O–H groups in total. The molecule has 0 radical (unpaired) electrons. The van der Waals surface area contributed by atoms with Gasteiger partial charge in [0.15, 0.2) is 0 Å². The number of rotatable bonds is 12. The van der Waals surface area contributed by atoms with Crippen molar-refractivity contribution in [1.29, 1.82) is 0 Å². The lowest BCUT2D eigenvalue weighted by Gasteiger charge is -2.33. The highest BCUT2D eigenvalue weighted by Gasteiger charge is 2.22. The van der Waals surface area contributed by atoms with Crippen LogP contribution in [0.5, 0.6) is 0 Å². The third-order valence-electron chi connectivity index (χ3n) is 7.32. The molecule has 1 aliphatic rings. The van der Waals surface area contributed by atoms with E-state index in [1.165, 1.54) is 24.3 Å². The molecule has 0 atom stereocenters. The van der Waals surface area contributed by atoms with Crippen molar-refractivity contribution >= 4 is 60.3 Å². The Bertz CT molecular complexity index is 1220. The van der Waals surface area contributed by atoms with Gasteiger partial charge in [-0.1, -0.05) is 24.3 Å². The Morgan fingerprint density at radius 3 is 1.13 bits per heavy atom. The molecule has 1 saturated heterocycles. The van der Waals surface area contributed by atoms with Crippen LogP contribution in [0.1, 0.15) is 0 Å². The summed E-state index contributed by atoms with van der Waals surface area (Å²) in [6.07, 6.45) is 0. The number of hydrogen-bond donors (Lipinski definition) is 8. The number of carbonyl (C=O) groups excluding carboxylic acids is 2. The van der Waals surface area contributed by atoms with Crippen LogP contribution in [0.4, 0.5) is 11.4 Å². The van der Waals surface area contributed by atoms with Crippen molar-refractivity contribution in [3.63, 3.8) is 0 Å². The van der Waals surface area contributed by atoms with Crippen molar-refractivity contribution in [2.24, 2.45) is 0 Å². The van der Waals surface area contributed by atoms with E-state index in [-0.39, 0.29) is 75.1 Å². The second-order valence-electron chi connectivity index (χ2n) is 11.0. The van der Waals surface area contributed by atoms with Crippen molar-refractivity contribution in [2.45, 2.75) is 0 Å². The van der Waals surface area contributed by atoms with Crippen molar-refractivity contribution in [1.82, 2.24) is 19.6 Å². The number of hydrogen-bond acceptors (Lipinski definition) is 12. The molecule has 248 valence electrons. The summed E-state index contributed by atoms with van der Waals surface area (Å²) in [7, 11) is -3.40. The summed E-state index contributed by atoms with van der Waals surface area (Å²) >= 11 is 0. The Balaban J connectivity index is 1.70. The van der Waals surface area contributed by atoms with Crippen molar-refractivity contribution in [3.8, 4) is 0 Å².